The second-order valence-electron chi connectivity index (χ2n) is 9.43. The zero-order valence-corrected chi connectivity index (χ0v) is 21.0. The minimum absolute atomic E-state index is 0.00301. The Morgan fingerprint density at radius 3 is 2.69 bits per heavy atom. The van der Waals surface area contributed by atoms with Crippen LogP contribution in [0.1, 0.15) is 42.7 Å². The fourth-order valence-corrected chi connectivity index (χ4v) is 4.51. The predicted octanol–water partition coefficient (Wildman–Crippen LogP) is 4.75. The molecule has 13 heteroatoms. The lowest BCUT2D eigenvalue weighted by atomic mass is 10.1. The van der Waals surface area contributed by atoms with Gasteiger partial charge < -0.3 is 10.4 Å². The summed E-state index contributed by atoms with van der Waals surface area (Å²) in [6.07, 6.45) is -1.77. The molecule has 1 fully saturated rings. The Kier molecular flexibility index (Phi) is 7.38. The average molecular weight is 545 g/mol. The van der Waals surface area contributed by atoms with E-state index in [-0.39, 0.29) is 34.5 Å². The van der Waals surface area contributed by atoms with Gasteiger partial charge in [0.05, 0.1) is 23.2 Å². The van der Waals surface area contributed by atoms with Gasteiger partial charge >= 0.3 is 6.18 Å². The number of piperidine rings is 1. The van der Waals surface area contributed by atoms with Crippen LogP contribution < -0.4 is 10.7 Å². The summed E-state index contributed by atoms with van der Waals surface area (Å²) < 4.78 is 41.7. The highest BCUT2D eigenvalue weighted by Crippen LogP contribution is 2.34. The maximum absolute atomic E-state index is 13.4. The molecule has 0 radical (unpaired) electrons. The minimum atomic E-state index is -4.61. The molecule has 0 aliphatic carbocycles. The van der Waals surface area contributed by atoms with E-state index in [1.165, 1.54) is 23.0 Å². The third-order valence-corrected chi connectivity index (χ3v) is 6.13. The lowest BCUT2D eigenvalue weighted by Crippen LogP contribution is -2.51. The van der Waals surface area contributed by atoms with Crippen molar-refractivity contribution in [2.75, 3.05) is 18.4 Å². The van der Waals surface area contributed by atoms with Gasteiger partial charge in [-0.3, -0.25) is 14.9 Å². The van der Waals surface area contributed by atoms with Crippen molar-refractivity contribution in [2.24, 2.45) is 0 Å². The molecule has 1 saturated heterocycles. The Bertz CT molecular complexity index is 1280. The van der Waals surface area contributed by atoms with Gasteiger partial charge in [-0.1, -0.05) is 23.2 Å². The monoisotopic (exact) mass is 544 g/mol. The Balaban J connectivity index is 1.49. The molecule has 0 unspecified atom stereocenters. The highest BCUT2D eigenvalue weighted by Gasteiger charge is 2.34. The van der Waals surface area contributed by atoms with E-state index in [1.54, 1.807) is 24.9 Å². The fraction of sp³-hybridized carbons (Fsp3) is 0.435. The van der Waals surface area contributed by atoms with Crippen LogP contribution in [0.2, 0.25) is 10.2 Å². The van der Waals surface area contributed by atoms with Gasteiger partial charge in [-0.25, -0.2) is 9.99 Å². The van der Waals surface area contributed by atoms with Crippen LogP contribution in [0, 0.1) is 0 Å². The zero-order valence-electron chi connectivity index (χ0n) is 19.5. The third kappa shape index (κ3) is 6.39. The standard InChI is InChI=1S/C23H25Cl2F3N6O2/c1-22(2,36)12-34-11-16(20(25)31-34)21(35)32-33-7-3-4-14(10-33)29-18-9-19(23(26,27)28)30-17-6-5-13(24)8-15(17)18/h5-6,8-9,11,14,36H,3-4,7,10,12H2,1-2H3,(H,29,30)(H,32,35)/t14-/m0/s1. The van der Waals surface area contributed by atoms with Crippen LogP contribution in [0.5, 0.6) is 0 Å². The van der Waals surface area contributed by atoms with E-state index in [9.17, 15) is 23.1 Å². The number of anilines is 1. The highest BCUT2D eigenvalue weighted by molar-refractivity contribution is 6.32. The Morgan fingerprint density at radius 2 is 2.00 bits per heavy atom. The number of hydrogen-bond donors (Lipinski definition) is 3. The number of benzene rings is 1. The number of fused-ring (bicyclic) bond motifs is 1. The first-order valence-electron chi connectivity index (χ1n) is 11.2. The van der Waals surface area contributed by atoms with Crippen LogP contribution in [-0.2, 0) is 12.7 Å². The van der Waals surface area contributed by atoms with E-state index in [0.29, 0.717) is 36.3 Å². The van der Waals surface area contributed by atoms with Crippen LogP contribution in [0.15, 0.2) is 30.5 Å². The number of nitrogens with one attached hydrogen (secondary N) is 2. The summed E-state index contributed by atoms with van der Waals surface area (Å²) in [6.45, 7) is 4.27. The highest BCUT2D eigenvalue weighted by atomic mass is 35.5. The van der Waals surface area contributed by atoms with E-state index in [4.69, 9.17) is 23.2 Å². The van der Waals surface area contributed by atoms with Crippen molar-refractivity contribution in [1.82, 2.24) is 25.2 Å². The van der Waals surface area contributed by atoms with Crippen molar-refractivity contribution in [2.45, 2.75) is 51.1 Å². The number of pyridine rings is 1. The fourth-order valence-electron chi connectivity index (χ4n) is 4.11. The lowest BCUT2D eigenvalue weighted by molar-refractivity contribution is -0.140. The molecule has 1 atom stereocenters. The van der Waals surface area contributed by atoms with Crippen LogP contribution in [0.3, 0.4) is 0 Å². The lowest BCUT2D eigenvalue weighted by Gasteiger charge is -2.34. The molecule has 194 valence electrons. The summed E-state index contributed by atoms with van der Waals surface area (Å²) in [5.74, 6) is -0.469. The Labute approximate surface area is 215 Å². The summed E-state index contributed by atoms with van der Waals surface area (Å²) in [5.41, 5.74) is 1.35. The SMILES string of the molecule is CC(C)(O)Cn1cc(C(=O)NN2CCC[C@H](Nc3cc(C(F)(F)F)nc4ccc(Cl)cc34)C2)c(Cl)n1. The number of hydrazine groups is 1. The van der Waals surface area contributed by atoms with E-state index >= 15 is 0 Å². The van der Waals surface area contributed by atoms with Crippen LogP contribution >= 0.6 is 23.2 Å². The van der Waals surface area contributed by atoms with Crippen LogP contribution in [-0.4, -0.2) is 55.5 Å². The number of rotatable bonds is 6. The maximum Gasteiger partial charge on any atom is 0.433 e. The average Bonchev–Trinajstić information content (AvgIpc) is 3.12. The number of carbonyl (C=O) groups is 1. The van der Waals surface area contributed by atoms with Gasteiger partial charge in [-0.15, -0.1) is 0 Å². The largest absolute Gasteiger partial charge is 0.433 e. The summed E-state index contributed by atoms with van der Waals surface area (Å²) >= 11 is 12.2. The topological polar surface area (TPSA) is 95.3 Å². The summed E-state index contributed by atoms with van der Waals surface area (Å²) in [4.78, 5) is 16.6. The first-order valence-corrected chi connectivity index (χ1v) is 12.0. The minimum Gasteiger partial charge on any atom is -0.389 e. The molecule has 1 amide bonds. The molecule has 3 heterocycles. The molecule has 3 N–H and O–H groups in total. The molecular weight excluding hydrogens is 520 g/mol. The van der Waals surface area contributed by atoms with Gasteiger partial charge in [0.2, 0.25) is 0 Å². The molecule has 1 aliphatic rings. The number of hydrogen-bond acceptors (Lipinski definition) is 6. The quantitative estimate of drug-likeness (QED) is 0.414. The van der Waals surface area contributed by atoms with Crippen LogP contribution in [0.4, 0.5) is 18.9 Å². The molecule has 36 heavy (non-hydrogen) atoms. The van der Waals surface area contributed by atoms with Crippen molar-refractivity contribution < 1.29 is 23.1 Å². The van der Waals surface area contributed by atoms with Gasteiger partial charge in [0.15, 0.2) is 5.15 Å². The molecule has 8 nitrogen and oxygen atoms in total. The normalized spacial score (nSPS) is 17.4. The maximum atomic E-state index is 13.4. The number of amides is 1. The first-order chi connectivity index (χ1) is 16.8. The van der Waals surface area contributed by atoms with Gasteiger partial charge in [-0.2, -0.15) is 18.3 Å². The van der Waals surface area contributed by atoms with Gasteiger partial charge in [0, 0.05) is 41.4 Å². The second-order valence-corrected chi connectivity index (χ2v) is 10.2. The zero-order chi connectivity index (χ0) is 26.3. The van der Waals surface area contributed by atoms with Crippen LogP contribution in [0.25, 0.3) is 10.9 Å². The Morgan fingerprint density at radius 1 is 1.25 bits per heavy atom. The Hall–Kier alpha value is -2.60. The van der Waals surface area contributed by atoms with Gasteiger partial charge in [0.25, 0.3) is 5.91 Å². The number of alkyl halides is 3. The summed E-state index contributed by atoms with van der Waals surface area (Å²) in [5, 5.41) is 19.8. The van der Waals surface area contributed by atoms with Crippen molar-refractivity contribution in [1.29, 1.82) is 0 Å². The number of halogens is 5. The third-order valence-electron chi connectivity index (χ3n) is 5.61. The predicted molar refractivity (Wildman–Crippen MR) is 131 cm³/mol. The van der Waals surface area contributed by atoms with E-state index in [0.717, 1.165) is 6.07 Å². The summed E-state index contributed by atoms with van der Waals surface area (Å²) in [6, 6.07) is 5.24. The van der Waals surface area contributed by atoms with E-state index < -0.39 is 23.4 Å². The molecule has 0 saturated carbocycles. The molecule has 1 aliphatic heterocycles. The molecule has 4 rings (SSSR count). The number of aromatic nitrogens is 3. The van der Waals surface area contributed by atoms with Crippen molar-refractivity contribution >= 4 is 45.7 Å². The molecule has 0 spiro atoms. The second kappa shape index (κ2) is 10.0. The smallest absolute Gasteiger partial charge is 0.389 e. The summed E-state index contributed by atoms with van der Waals surface area (Å²) in [7, 11) is 0. The number of nitrogens with zero attached hydrogens (tertiary/aromatic N) is 4. The number of carbonyl (C=O) groups excluding carboxylic acids is 1. The molecule has 2 aromatic heterocycles. The van der Waals surface area contributed by atoms with Crippen molar-refractivity contribution in [3.05, 3.63) is 51.9 Å². The molecular formula is C23H25Cl2F3N6O2. The molecule has 3 aromatic rings. The van der Waals surface area contributed by atoms with Gasteiger partial charge in [-0.05, 0) is 51.0 Å². The molecule has 0 bridgehead atoms. The van der Waals surface area contributed by atoms with E-state index in [1.807, 2.05) is 0 Å². The van der Waals surface area contributed by atoms with E-state index in [2.05, 4.69) is 20.8 Å². The number of aliphatic hydroxyl groups is 1. The van der Waals surface area contributed by atoms with Gasteiger partial charge in [0.1, 0.15) is 5.69 Å². The van der Waals surface area contributed by atoms with Crippen molar-refractivity contribution in [3.8, 4) is 0 Å². The first kappa shape index (κ1) is 26.5. The molecule has 1 aromatic carbocycles. The van der Waals surface area contributed by atoms with Crippen molar-refractivity contribution in [3.63, 3.8) is 0 Å².